The number of aromatic nitrogens is 2. The van der Waals surface area contributed by atoms with Crippen molar-refractivity contribution in [2.24, 2.45) is 0 Å². The Morgan fingerprint density at radius 2 is 2.04 bits per heavy atom. The van der Waals surface area contributed by atoms with Crippen LogP contribution in [0.3, 0.4) is 0 Å². The highest BCUT2D eigenvalue weighted by Crippen LogP contribution is 2.30. The van der Waals surface area contributed by atoms with Crippen LogP contribution in [0.4, 0.5) is 14.5 Å². The summed E-state index contributed by atoms with van der Waals surface area (Å²) in [6.45, 7) is -3.03. The average molecular weight is 354 g/mol. The predicted octanol–water partition coefficient (Wildman–Crippen LogP) is 4.57. The minimum absolute atomic E-state index is 0.0175. The number of hydrogen-bond donors (Lipinski definition) is 0. The second kappa shape index (κ2) is 6.40. The Kier molecular flexibility index (Phi) is 4.30. The molecule has 3 rings (SSSR count). The van der Waals surface area contributed by atoms with Crippen LogP contribution in [-0.4, -0.2) is 14.5 Å². The third-order valence-corrected chi connectivity index (χ3v) is 3.64. The molecule has 0 spiro atoms. The van der Waals surface area contributed by atoms with Gasteiger partial charge in [-0.3, -0.25) is 14.7 Å². The molecule has 0 saturated heterocycles. The highest BCUT2D eigenvalue weighted by atomic mass is 35.5. The molecule has 1 aromatic heterocycles. The number of non-ortho nitro benzene ring substituents is 1. The minimum Gasteiger partial charge on any atom is -0.484 e. The molecule has 0 aliphatic carbocycles. The topological polar surface area (TPSA) is 70.2 Å². The first kappa shape index (κ1) is 16.1. The molecule has 0 unspecified atom stereocenters. The maximum atomic E-state index is 13.3. The molecule has 0 saturated carbocycles. The van der Waals surface area contributed by atoms with Crippen LogP contribution in [0.1, 0.15) is 12.4 Å². The molecule has 6 nitrogen and oxygen atoms in total. The summed E-state index contributed by atoms with van der Waals surface area (Å²) < 4.78 is 32.8. The van der Waals surface area contributed by atoms with Gasteiger partial charge >= 0.3 is 6.55 Å². The molecule has 0 radical (unpaired) electrons. The summed E-state index contributed by atoms with van der Waals surface area (Å²) in [6, 6.07) is 10.2. The molecule has 0 N–H and O–H groups in total. The fourth-order valence-electron chi connectivity index (χ4n) is 2.28. The van der Waals surface area contributed by atoms with Crippen molar-refractivity contribution in [1.82, 2.24) is 9.55 Å². The Balaban J connectivity index is 1.88. The van der Waals surface area contributed by atoms with Crippen LogP contribution in [0, 0.1) is 10.1 Å². The van der Waals surface area contributed by atoms with Gasteiger partial charge in [0.15, 0.2) is 5.82 Å². The molecule has 0 aliphatic rings. The van der Waals surface area contributed by atoms with Gasteiger partial charge in [0.1, 0.15) is 12.4 Å². The van der Waals surface area contributed by atoms with Crippen molar-refractivity contribution in [2.75, 3.05) is 0 Å². The molecule has 0 atom stereocenters. The summed E-state index contributed by atoms with van der Waals surface area (Å²) in [5, 5.41) is 10.7. The smallest absolute Gasteiger partial charge is 0.320 e. The van der Waals surface area contributed by atoms with Crippen LogP contribution in [0.15, 0.2) is 42.5 Å². The van der Waals surface area contributed by atoms with E-state index < -0.39 is 11.5 Å². The molecule has 124 valence electrons. The zero-order chi connectivity index (χ0) is 17.3. The molecule has 0 amide bonds. The van der Waals surface area contributed by atoms with Crippen LogP contribution in [0.2, 0.25) is 5.02 Å². The SMILES string of the molecule is O=[N+]([O-])c1ccc(OCc2nc3ccccc3n2C(F)F)c(Cl)c1. The number of rotatable bonds is 5. The molecule has 3 aromatic rings. The highest BCUT2D eigenvalue weighted by Gasteiger charge is 2.18. The van der Waals surface area contributed by atoms with Crippen LogP contribution in [-0.2, 0) is 6.61 Å². The summed E-state index contributed by atoms with van der Waals surface area (Å²) in [7, 11) is 0. The first-order chi connectivity index (χ1) is 11.5. The summed E-state index contributed by atoms with van der Waals surface area (Å²) in [6.07, 6.45) is 0. The van der Waals surface area contributed by atoms with E-state index in [1.807, 2.05) is 0 Å². The van der Waals surface area contributed by atoms with E-state index in [0.29, 0.717) is 11.0 Å². The Bertz CT molecular complexity index is 914. The van der Waals surface area contributed by atoms with E-state index in [1.54, 1.807) is 18.2 Å². The van der Waals surface area contributed by atoms with Gasteiger partial charge in [-0.1, -0.05) is 23.7 Å². The molecule has 2 aromatic carbocycles. The normalized spacial score (nSPS) is 11.2. The lowest BCUT2D eigenvalue weighted by molar-refractivity contribution is -0.384. The molecule has 0 aliphatic heterocycles. The first-order valence-electron chi connectivity index (χ1n) is 6.78. The Hall–Kier alpha value is -2.74. The number of alkyl halides is 2. The quantitative estimate of drug-likeness (QED) is 0.497. The van der Waals surface area contributed by atoms with Gasteiger partial charge in [-0.2, -0.15) is 8.78 Å². The van der Waals surface area contributed by atoms with Crippen molar-refractivity contribution >= 4 is 28.3 Å². The van der Waals surface area contributed by atoms with Gasteiger partial charge < -0.3 is 4.74 Å². The standard InChI is InChI=1S/C15H10ClF2N3O3/c16-10-7-9(21(22)23)5-6-13(10)24-8-14-19-11-3-1-2-4-12(11)20(14)15(17)18/h1-7,15H,8H2. The number of hydrogen-bond acceptors (Lipinski definition) is 4. The zero-order valence-electron chi connectivity index (χ0n) is 12.0. The van der Waals surface area contributed by atoms with Gasteiger partial charge in [-0.05, 0) is 18.2 Å². The molecule has 24 heavy (non-hydrogen) atoms. The largest absolute Gasteiger partial charge is 0.484 e. The number of halogens is 3. The van der Waals surface area contributed by atoms with Crippen LogP contribution >= 0.6 is 11.6 Å². The van der Waals surface area contributed by atoms with E-state index in [0.717, 1.165) is 10.6 Å². The van der Waals surface area contributed by atoms with E-state index in [9.17, 15) is 18.9 Å². The minimum atomic E-state index is -2.77. The lowest BCUT2D eigenvalue weighted by Crippen LogP contribution is -2.08. The second-order valence-corrected chi connectivity index (χ2v) is 5.23. The second-order valence-electron chi connectivity index (χ2n) is 4.82. The summed E-state index contributed by atoms with van der Waals surface area (Å²) in [4.78, 5) is 14.2. The van der Waals surface area contributed by atoms with Crippen molar-refractivity contribution in [3.05, 3.63) is 63.4 Å². The van der Waals surface area contributed by atoms with Crippen molar-refractivity contribution in [3.63, 3.8) is 0 Å². The number of para-hydroxylation sites is 2. The number of ether oxygens (including phenoxy) is 1. The van der Waals surface area contributed by atoms with E-state index in [4.69, 9.17) is 16.3 Å². The number of nitrogens with zero attached hydrogens (tertiary/aromatic N) is 3. The van der Waals surface area contributed by atoms with Crippen molar-refractivity contribution in [3.8, 4) is 5.75 Å². The Labute approximate surface area is 139 Å². The van der Waals surface area contributed by atoms with Gasteiger partial charge in [0.05, 0.1) is 21.0 Å². The van der Waals surface area contributed by atoms with Crippen LogP contribution < -0.4 is 4.74 Å². The summed E-state index contributed by atoms with van der Waals surface area (Å²) >= 11 is 5.92. The first-order valence-corrected chi connectivity index (χ1v) is 7.16. The number of nitro groups is 1. The van der Waals surface area contributed by atoms with Crippen molar-refractivity contribution in [2.45, 2.75) is 13.2 Å². The van der Waals surface area contributed by atoms with E-state index in [-0.39, 0.29) is 28.9 Å². The number of fused-ring (bicyclic) bond motifs is 1. The van der Waals surface area contributed by atoms with Crippen molar-refractivity contribution in [1.29, 1.82) is 0 Å². The molecule has 1 heterocycles. The fourth-order valence-corrected chi connectivity index (χ4v) is 2.51. The fraction of sp³-hybridized carbons (Fsp3) is 0.133. The van der Waals surface area contributed by atoms with E-state index >= 15 is 0 Å². The van der Waals surface area contributed by atoms with Gasteiger partial charge in [-0.15, -0.1) is 0 Å². The lowest BCUT2D eigenvalue weighted by Gasteiger charge is -2.10. The summed E-state index contributed by atoms with van der Waals surface area (Å²) in [5.74, 6) is 0.177. The number of benzene rings is 2. The van der Waals surface area contributed by atoms with Crippen molar-refractivity contribution < 1.29 is 18.4 Å². The average Bonchev–Trinajstić information content (AvgIpc) is 2.92. The Morgan fingerprint density at radius 3 is 2.71 bits per heavy atom. The van der Waals surface area contributed by atoms with Gasteiger partial charge in [0.25, 0.3) is 5.69 Å². The maximum absolute atomic E-state index is 13.3. The highest BCUT2D eigenvalue weighted by molar-refractivity contribution is 6.32. The molecular formula is C15H10ClF2N3O3. The number of nitro benzene ring substituents is 1. The van der Waals surface area contributed by atoms with Gasteiger partial charge in [0, 0.05) is 12.1 Å². The van der Waals surface area contributed by atoms with Gasteiger partial charge in [0.2, 0.25) is 0 Å². The predicted molar refractivity (Wildman–Crippen MR) is 83.4 cm³/mol. The summed E-state index contributed by atoms with van der Waals surface area (Å²) in [5.41, 5.74) is 0.527. The third kappa shape index (κ3) is 3.00. The third-order valence-electron chi connectivity index (χ3n) is 3.35. The monoisotopic (exact) mass is 353 g/mol. The van der Waals surface area contributed by atoms with Crippen LogP contribution in [0.25, 0.3) is 11.0 Å². The molecule has 0 bridgehead atoms. The molecule has 9 heteroatoms. The maximum Gasteiger partial charge on any atom is 0.320 e. The van der Waals surface area contributed by atoms with E-state index in [2.05, 4.69) is 4.98 Å². The Morgan fingerprint density at radius 1 is 1.29 bits per heavy atom. The lowest BCUT2D eigenvalue weighted by atomic mass is 10.3. The van der Waals surface area contributed by atoms with Gasteiger partial charge in [-0.25, -0.2) is 4.98 Å². The zero-order valence-corrected chi connectivity index (χ0v) is 12.8. The van der Waals surface area contributed by atoms with Crippen LogP contribution in [0.5, 0.6) is 5.75 Å². The van der Waals surface area contributed by atoms with E-state index in [1.165, 1.54) is 18.2 Å². The molecular weight excluding hydrogens is 344 g/mol. The number of imidazole rings is 1. The molecule has 0 fully saturated rings.